The second kappa shape index (κ2) is 6.73. The number of nitrogens with one attached hydrogen (secondary N) is 1. The Balaban J connectivity index is 2.11. The van der Waals surface area contributed by atoms with E-state index in [1.165, 1.54) is 23.3 Å². The number of benzene rings is 1. The lowest BCUT2D eigenvalue weighted by Crippen LogP contribution is -2.53. The van der Waals surface area contributed by atoms with Crippen molar-refractivity contribution in [1.29, 1.82) is 0 Å². The van der Waals surface area contributed by atoms with E-state index in [1.54, 1.807) is 18.2 Å². The fourth-order valence-electron chi connectivity index (χ4n) is 2.36. The van der Waals surface area contributed by atoms with Crippen molar-refractivity contribution in [3.8, 4) is 0 Å². The molecule has 25 heavy (non-hydrogen) atoms. The van der Waals surface area contributed by atoms with Crippen LogP contribution in [0.25, 0.3) is 17.0 Å². The third-order valence-electron chi connectivity index (χ3n) is 3.56. The number of halogens is 1. The molecule has 1 aliphatic heterocycles. The third kappa shape index (κ3) is 3.18. The molecule has 1 aromatic carbocycles. The van der Waals surface area contributed by atoms with Crippen molar-refractivity contribution in [1.82, 2.24) is 10.2 Å². The molecule has 1 fully saturated rings. The van der Waals surface area contributed by atoms with Gasteiger partial charge in [0.2, 0.25) is 0 Å². The molecule has 2 amide bonds. The zero-order valence-corrected chi connectivity index (χ0v) is 15.1. The van der Waals surface area contributed by atoms with Crippen LogP contribution in [0.2, 0.25) is 0 Å². The molecule has 2 aromatic rings. The Morgan fingerprint density at radius 3 is 2.80 bits per heavy atom. The molecule has 1 saturated heterocycles. The number of carbonyl (C=O) groups excluding carboxylic acids is 2. The summed E-state index contributed by atoms with van der Waals surface area (Å²) in [4.78, 5) is 38.4. The van der Waals surface area contributed by atoms with E-state index in [0.717, 1.165) is 0 Å². The summed E-state index contributed by atoms with van der Waals surface area (Å²) in [5.74, 6) is -1.26. The molecule has 3 rings (SSSR count). The Hall–Kier alpha value is -2.58. The van der Waals surface area contributed by atoms with Crippen LogP contribution in [0.3, 0.4) is 0 Å². The first-order valence-electron chi connectivity index (χ1n) is 7.13. The SMILES string of the molecule is C=CCN1C(=O)C(=Cc2coc3ccc(Br)cc3c2=O)C(=O)NC1=S. The second-order valence-electron chi connectivity index (χ2n) is 5.18. The Bertz CT molecular complexity index is 1020. The Morgan fingerprint density at radius 1 is 1.32 bits per heavy atom. The molecule has 1 aliphatic rings. The van der Waals surface area contributed by atoms with Gasteiger partial charge in [0.25, 0.3) is 11.8 Å². The predicted molar refractivity (Wildman–Crippen MR) is 101 cm³/mol. The fourth-order valence-corrected chi connectivity index (χ4v) is 2.97. The van der Waals surface area contributed by atoms with Crippen LogP contribution in [0.4, 0.5) is 0 Å². The molecule has 126 valence electrons. The monoisotopic (exact) mass is 418 g/mol. The smallest absolute Gasteiger partial charge is 0.265 e. The number of hydrogen-bond acceptors (Lipinski definition) is 5. The highest BCUT2D eigenvalue weighted by Gasteiger charge is 2.32. The molecule has 0 spiro atoms. The fraction of sp³-hybridized carbons (Fsp3) is 0.0588. The minimum atomic E-state index is -0.663. The number of thiocarbonyl (C=S) groups is 1. The van der Waals surface area contributed by atoms with Crippen LogP contribution in [0.1, 0.15) is 5.56 Å². The minimum absolute atomic E-state index is 0.00141. The minimum Gasteiger partial charge on any atom is -0.463 e. The molecular weight excluding hydrogens is 408 g/mol. The molecule has 1 N–H and O–H groups in total. The molecule has 0 radical (unpaired) electrons. The molecule has 0 unspecified atom stereocenters. The quantitative estimate of drug-likeness (QED) is 0.358. The molecule has 0 bridgehead atoms. The van der Waals surface area contributed by atoms with Gasteiger partial charge in [-0.25, -0.2) is 0 Å². The molecule has 0 aliphatic carbocycles. The van der Waals surface area contributed by atoms with E-state index in [-0.39, 0.29) is 28.2 Å². The number of nitrogens with zero attached hydrogens (tertiary/aromatic N) is 1. The summed E-state index contributed by atoms with van der Waals surface area (Å²) in [6.07, 6.45) is 3.92. The lowest BCUT2D eigenvalue weighted by Gasteiger charge is -2.27. The van der Waals surface area contributed by atoms with Gasteiger partial charge in [-0.05, 0) is 36.5 Å². The van der Waals surface area contributed by atoms with E-state index in [0.29, 0.717) is 15.4 Å². The molecule has 8 heteroatoms. The topological polar surface area (TPSA) is 79.6 Å². The maximum atomic E-state index is 12.6. The Morgan fingerprint density at radius 2 is 2.08 bits per heavy atom. The Labute approximate surface area is 155 Å². The zero-order chi connectivity index (χ0) is 18.1. The number of carbonyl (C=O) groups is 2. The van der Waals surface area contributed by atoms with Crippen LogP contribution in [-0.2, 0) is 9.59 Å². The summed E-state index contributed by atoms with van der Waals surface area (Å²) in [5, 5.41) is 2.76. The van der Waals surface area contributed by atoms with Crippen LogP contribution in [0, 0.1) is 0 Å². The first kappa shape index (κ1) is 17.2. The lowest BCUT2D eigenvalue weighted by atomic mass is 10.1. The standard InChI is InChI=1S/C17H11BrN2O4S/c1-2-5-20-16(23)12(15(22)19-17(20)25)6-9-8-24-13-4-3-10(18)7-11(13)14(9)21/h2-4,6-8H,1,5H2,(H,19,22,25). The van der Waals surface area contributed by atoms with Crippen LogP contribution in [0.5, 0.6) is 0 Å². The summed E-state index contributed by atoms with van der Waals surface area (Å²) in [5.41, 5.74) is -0.0455. The normalized spacial score (nSPS) is 16.4. The van der Waals surface area contributed by atoms with E-state index in [4.69, 9.17) is 16.6 Å². The largest absolute Gasteiger partial charge is 0.463 e. The van der Waals surface area contributed by atoms with Crippen molar-refractivity contribution in [2.24, 2.45) is 0 Å². The van der Waals surface area contributed by atoms with Gasteiger partial charge >= 0.3 is 0 Å². The Kier molecular flexibility index (Phi) is 4.65. The highest BCUT2D eigenvalue weighted by molar-refractivity contribution is 9.10. The van der Waals surface area contributed by atoms with Crippen LogP contribution < -0.4 is 10.7 Å². The van der Waals surface area contributed by atoms with Crippen LogP contribution in [0.15, 0.2) is 56.4 Å². The van der Waals surface area contributed by atoms with Crippen molar-refractivity contribution in [3.63, 3.8) is 0 Å². The maximum absolute atomic E-state index is 12.6. The van der Waals surface area contributed by atoms with Crippen molar-refractivity contribution >= 4 is 62.1 Å². The van der Waals surface area contributed by atoms with Crippen LogP contribution in [-0.4, -0.2) is 28.4 Å². The van der Waals surface area contributed by atoms with Gasteiger partial charge in [0, 0.05) is 11.0 Å². The lowest BCUT2D eigenvalue weighted by molar-refractivity contribution is -0.128. The van der Waals surface area contributed by atoms with Gasteiger partial charge in [-0.15, -0.1) is 6.58 Å². The van der Waals surface area contributed by atoms with Gasteiger partial charge in [0.15, 0.2) is 10.5 Å². The molecular formula is C17H11BrN2O4S. The van der Waals surface area contributed by atoms with E-state index in [9.17, 15) is 14.4 Å². The van der Waals surface area contributed by atoms with E-state index < -0.39 is 11.8 Å². The van der Waals surface area contributed by atoms with Gasteiger partial charge in [-0.1, -0.05) is 22.0 Å². The predicted octanol–water partition coefficient (Wildman–Crippen LogP) is 2.37. The number of hydrogen-bond donors (Lipinski definition) is 1. The second-order valence-corrected chi connectivity index (χ2v) is 6.48. The maximum Gasteiger partial charge on any atom is 0.265 e. The third-order valence-corrected chi connectivity index (χ3v) is 4.37. The van der Waals surface area contributed by atoms with E-state index in [2.05, 4.69) is 27.8 Å². The van der Waals surface area contributed by atoms with E-state index in [1.807, 2.05) is 0 Å². The van der Waals surface area contributed by atoms with Gasteiger partial charge < -0.3 is 4.42 Å². The van der Waals surface area contributed by atoms with Gasteiger partial charge in [0.05, 0.1) is 10.9 Å². The summed E-state index contributed by atoms with van der Waals surface area (Å²) in [6, 6.07) is 5.02. The average Bonchev–Trinajstić information content (AvgIpc) is 2.57. The zero-order valence-electron chi connectivity index (χ0n) is 12.7. The molecule has 0 atom stereocenters. The van der Waals surface area contributed by atoms with Crippen molar-refractivity contribution in [2.45, 2.75) is 0 Å². The van der Waals surface area contributed by atoms with Crippen molar-refractivity contribution in [3.05, 3.63) is 62.9 Å². The molecule has 2 heterocycles. The van der Waals surface area contributed by atoms with Gasteiger partial charge in [0.1, 0.15) is 17.4 Å². The molecule has 6 nitrogen and oxygen atoms in total. The summed E-state index contributed by atoms with van der Waals surface area (Å²) >= 11 is 8.28. The highest BCUT2D eigenvalue weighted by Crippen LogP contribution is 2.19. The van der Waals surface area contributed by atoms with Crippen molar-refractivity contribution in [2.75, 3.05) is 6.54 Å². The molecule has 0 saturated carbocycles. The highest BCUT2D eigenvalue weighted by atomic mass is 79.9. The number of fused-ring (bicyclic) bond motifs is 1. The molecule has 1 aromatic heterocycles. The van der Waals surface area contributed by atoms with E-state index >= 15 is 0 Å². The number of amides is 2. The first-order chi connectivity index (χ1) is 11.9. The summed E-state index contributed by atoms with van der Waals surface area (Å²) < 4.78 is 6.14. The first-order valence-corrected chi connectivity index (χ1v) is 8.33. The van der Waals surface area contributed by atoms with Gasteiger partial charge in [-0.2, -0.15) is 0 Å². The van der Waals surface area contributed by atoms with Crippen LogP contribution >= 0.6 is 28.1 Å². The van der Waals surface area contributed by atoms with Crippen molar-refractivity contribution < 1.29 is 14.0 Å². The van der Waals surface area contributed by atoms with Gasteiger partial charge in [-0.3, -0.25) is 24.6 Å². The summed E-state index contributed by atoms with van der Waals surface area (Å²) in [6.45, 7) is 3.70. The number of rotatable bonds is 3. The average molecular weight is 419 g/mol. The summed E-state index contributed by atoms with van der Waals surface area (Å²) in [7, 11) is 0.